The van der Waals surface area contributed by atoms with E-state index in [1.54, 1.807) is 25.3 Å². The van der Waals surface area contributed by atoms with Gasteiger partial charge in [-0.3, -0.25) is 10.1 Å². The fourth-order valence-electron chi connectivity index (χ4n) is 1.34. The van der Waals surface area contributed by atoms with Crippen LogP contribution in [0.3, 0.4) is 0 Å². The fourth-order valence-corrected chi connectivity index (χ4v) is 1.51. The summed E-state index contributed by atoms with van der Waals surface area (Å²) >= 11 is 5.39. The number of alkyl halides is 1. The zero-order chi connectivity index (χ0) is 13.4. The highest BCUT2D eigenvalue weighted by Gasteiger charge is 2.07. The van der Waals surface area contributed by atoms with Crippen LogP contribution in [0.4, 0.5) is 10.5 Å². The first kappa shape index (κ1) is 14.5. The standard InChI is InChI=1S/C12H15ClN2O3/c1-18-8-9-3-2-4-10(7-9)14-12(17)15-11(16)5-6-13/h2-4,7H,5-6,8H2,1H3,(H2,14,15,16,17). The van der Waals surface area contributed by atoms with Crippen molar-refractivity contribution in [1.82, 2.24) is 5.32 Å². The van der Waals surface area contributed by atoms with Gasteiger partial charge in [-0.05, 0) is 17.7 Å². The summed E-state index contributed by atoms with van der Waals surface area (Å²) in [5.41, 5.74) is 1.53. The van der Waals surface area contributed by atoms with Gasteiger partial charge in [0.2, 0.25) is 5.91 Å². The first-order chi connectivity index (χ1) is 8.65. The van der Waals surface area contributed by atoms with Crippen LogP contribution >= 0.6 is 11.6 Å². The zero-order valence-corrected chi connectivity index (χ0v) is 10.8. The number of hydrogen-bond donors (Lipinski definition) is 2. The number of hydrogen-bond acceptors (Lipinski definition) is 3. The first-order valence-corrected chi connectivity index (χ1v) is 5.94. The number of methoxy groups -OCH3 is 1. The molecule has 0 aliphatic heterocycles. The van der Waals surface area contributed by atoms with Gasteiger partial charge in [0.1, 0.15) is 0 Å². The summed E-state index contributed by atoms with van der Waals surface area (Å²) in [6.07, 6.45) is 0.110. The molecule has 1 aromatic rings. The van der Waals surface area contributed by atoms with E-state index in [0.29, 0.717) is 12.3 Å². The predicted octanol–water partition coefficient (Wildman–Crippen LogP) is 2.11. The molecule has 0 unspecified atom stereocenters. The maximum Gasteiger partial charge on any atom is 0.325 e. The van der Waals surface area contributed by atoms with Crippen LogP contribution in [0.15, 0.2) is 24.3 Å². The van der Waals surface area contributed by atoms with Gasteiger partial charge in [0.15, 0.2) is 0 Å². The van der Waals surface area contributed by atoms with E-state index >= 15 is 0 Å². The molecule has 0 spiro atoms. The Bertz CT molecular complexity index is 424. The predicted molar refractivity (Wildman–Crippen MR) is 69.7 cm³/mol. The molecule has 0 aliphatic rings. The summed E-state index contributed by atoms with van der Waals surface area (Å²) in [7, 11) is 1.59. The largest absolute Gasteiger partial charge is 0.380 e. The molecule has 0 aromatic heterocycles. The van der Waals surface area contributed by atoms with Gasteiger partial charge in [0, 0.05) is 25.1 Å². The Morgan fingerprint density at radius 3 is 2.83 bits per heavy atom. The van der Waals surface area contributed by atoms with Crippen molar-refractivity contribution in [3.8, 4) is 0 Å². The maximum absolute atomic E-state index is 11.4. The molecule has 1 rings (SSSR count). The van der Waals surface area contributed by atoms with Gasteiger partial charge in [-0.1, -0.05) is 12.1 Å². The van der Waals surface area contributed by atoms with Crippen molar-refractivity contribution < 1.29 is 14.3 Å². The van der Waals surface area contributed by atoms with Crippen molar-refractivity contribution in [3.63, 3.8) is 0 Å². The number of rotatable bonds is 5. The molecular weight excluding hydrogens is 256 g/mol. The maximum atomic E-state index is 11.4. The molecule has 0 aliphatic carbocycles. The lowest BCUT2D eigenvalue weighted by Gasteiger charge is -2.07. The van der Waals surface area contributed by atoms with E-state index in [-0.39, 0.29) is 12.3 Å². The van der Waals surface area contributed by atoms with Crippen LogP contribution in [0.2, 0.25) is 0 Å². The van der Waals surface area contributed by atoms with Gasteiger partial charge in [-0.2, -0.15) is 0 Å². The van der Waals surface area contributed by atoms with E-state index in [1.165, 1.54) is 0 Å². The molecule has 6 heteroatoms. The lowest BCUT2D eigenvalue weighted by Crippen LogP contribution is -2.34. The van der Waals surface area contributed by atoms with E-state index in [1.807, 2.05) is 6.07 Å². The highest BCUT2D eigenvalue weighted by Crippen LogP contribution is 2.11. The van der Waals surface area contributed by atoms with Gasteiger partial charge in [-0.25, -0.2) is 4.79 Å². The molecule has 0 atom stereocenters. The molecule has 0 saturated carbocycles. The Balaban J connectivity index is 2.53. The van der Waals surface area contributed by atoms with E-state index in [9.17, 15) is 9.59 Å². The van der Waals surface area contributed by atoms with Crippen molar-refractivity contribution >= 4 is 29.2 Å². The minimum atomic E-state index is -0.570. The van der Waals surface area contributed by atoms with Crippen LogP contribution in [-0.2, 0) is 16.1 Å². The summed E-state index contributed by atoms with van der Waals surface area (Å²) in [5, 5.41) is 4.74. The Morgan fingerprint density at radius 2 is 2.17 bits per heavy atom. The number of ether oxygens (including phenoxy) is 1. The third-order valence-electron chi connectivity index (χ3n) is 2.07. The van der Waals surface area contributed by atoms with Crippen molar-refractivity contribution in [2.24, 2.45) is 0 Å². The number of nitrogens with one attached hydrogen (secondary N) is 2. The molecule has 2 N–H and O–H groups in total. The lowest BCUT2D eigenvalue weighted by molar-refractivity contribution is -0.119. The van der Waals surface area contributed by atoms with E-state index < -0.39 is 11.9 Å². The average Bonchev–Trinajstić information content (AvgIpc) is 2.29. The molecule has 0 saturated heterocycles. The second-order valence-electron chi connectivity index (χ2n) is 3.57. The Morgan fingerprint density at radius 1 is 1.39 bits per heavy atom. The van der Waals surface area contributed by atoms with Crippen LogP contribution in [0.1, 0.15) is 12.0 Å². The second kappa shape index (κ2) is 7.68. The first-order valence-electron chi connectivity index (χ1n) is 5.40. The molecule has 0 heterocycles. The molecular formula is C12H15ClN2O3. The van der Waals surface area contributed by atoms with Crippen molar-refractivity contribution in [1.29, 1.82) is 0 Å². The number of carbonyl (C=O) groups excluding carboxylic acids is 2. The SMILES string of the molecule is COCc1cccc(NC(=O)NC(=O)CCCl)c1. The minimum absolute atomic E-state index is 0.110. The Kier molecular flexibility index (Phi) is 6.18. The zero-order valence-electron chi connectivity index (χ0n) is 10.0. The minimum Gasteiger partial charge on any atom is -0.380 e. The van der Waals surface area contributed by atoms with Gasteiger partial charge in [0.25, 0.3) is 0 Å². The highest BCUT2D eigenvalue weighted by atomic mass is 35.5. The van der Waals surface area contributed by atoms with Gasteiger partial charge < -0.3 is 10.1 Å². The average molecular weight is 271 g/mol. The number of carbonyl (C=O) groups is 2. The highest BCUT2D eigenvalue weighted by molar-refractivity contribution is 6.19. The van der Waals surface area contributed by atoms with Crippen LogP contribution in [0.5, 0.6) is 0 Å². The molecule has 18 heavy (non-hydrogen) atoms. The summed E-state index contributed by atoms with van der Waals surface area (Å²) < 4.78 is 4.99. The van der Waals surface area contributed by atoms with Crippen molar-refractivity contribution in [3.05, 3.63) is 29.8 Å². The molecule has 1 aromatic carbocycles. The number of halogens is 1. The molecule has 5 nitrogen and oxygen atoms in total. The van der Waals surface area contributed by atoms with Crippen molar-refractivity contribution in [2.45, 2.75) is 13.0 Å². The second-order valence-corrected chi connectivity index (χ2v) is 3.95. The number of imide groups is 1. The van der Waals surface area contributed by atoms with Gasteiger partial charge in [0.05, 0.1) is 6.61 Å². The summed E-state index contributed by atoms with van der Waals surface area (Å²) in [5.74, 6) is -0.224. The lowest BCUT2D eigenvalue weighted by atomic mass is 10.2. The summed E-state index contributed by atoms with van der Waals surface area (Å²) in [4.78, 5) is 22.6. The number of anilines is 1. The van der Waals surface area contributed by atoms with Crippen LogP contribution in [0, 0.1) is 0 Å². The summed E-state index contributed by atoms with van der Waals surface area (Å²) in [6.45, 7) is 0.461. The van der Waals surface area contributed by atoms with E-state index in [4.69, 9.17) is 16.3 Å². The van der Waals surface area contributed by atoms with Crippen molar-refractivity contribution in [2.75, 3.05) is 18.3 Å². The number of urea groups is 1. The smallest absolute Gasteiger partial charge is 0.325 e. The normalized spacial score (nSPS) is 9.89. The fraction of sp³-hybridized carbons (Fsp3) is 0.333. The van der Waals surface area contributed by atoms with Crippen LogP contribution < -0.4 is 10.6 Å². The van der Waals surface area contributed by atoms with Gasteiger partial charge >= 0.3 is 6.03 Å². The monoisotopic (exact) mass is 270 g/mol. The quantitative estimate of drug-likeness (QED) is 0.805. The summed E-state index contributed by atoms with van der Waals surface area (Å²) in [6, 6.07) is 6.61. The molecule has 0 fully saturated rings. The molecule has 0 bridgehead atoms. The molecule has 0 radical (unpaired) electrons. The molecule has 98 valence electrons. The third kappa shape index (κ3) is 5.16. The molecule has 3 amide bonds. The van der Waals surface area contributed by atoms with Crippen LogP contribution in [-0.4, -0.2) is 24.9 Å². The van der Waals surface area contributed by atoms with Gasteiger partial charge in [-0.15, -0.1) is 11.6 Å². The van der Waals surface area contributed by atoms with Crippen LogP contribution in [0.25, 0.3) is 0 Å². The number of benzene rings is 1. The Labute approximate surface area is 110 Å². The Hall–Kier alpha value is -1.59. The van der Waals surface area contributed by atoms with E-state index in [0.717, 1.165) is 5.56 Å². The van der Waals surface area contributed by atoms with E-state index in [2.05, 4.69) is 10.6 Å². The number of amides is 3. The topological polar surface area (TPSA) is 67.4 Å². The third-order valence-corrected chi connectivity index (χ3v) is 2.26.